The second-order valence-electron chi connectivity index (χ2n) is 7.37. The van der Waals surface area contributed by atoms with Crippen LogP contribution in [0.4, 0.5) is 5.82 Å². The highest BCUT2D eigenvalue weighted by Gasteiger charge is 2.13. The molecule has 5 rings (SSSR count). The van der Waals surface area contributed by atoms with E-state index in [0.29, 0.717) is 0 Å². The first-order chi connectivity index (χ1) is 14.7. The van der Waals surface area contributed by atoms with E-state index in [1.165, 1.54) is 11.1 Å². The van der Waals surface area contributed by atoms with E-state index in [-0.39, 0.29) is 6.79 Å². The highest BCUT2D eigenvalue weighted by molar-refractivity contribution is 5.83. The Morgan fingerprint density at radius 2 is 1.53 bits per heavy atom. The van der Waals surface area contributed by atoms with Crippen molar-refractivity contribution >= 4 is 12.0 Å². The number of rotatable bonds is 4. The predicted molar refractivity (Wildman–Crippen MR) is 118 cm³/mol. The summed E-state index contributed by atoms with van der Waals surface area (Å²) in [5, 5.41) is 4.84. The summed E-state index contributed by atoms with van der Waals surface area (Å²) >= 11 is 0. The third kappa shape index (κ3) is 3.57. The van der Waals surface area contributed by atoms with E-state index in [1.54, 1.807) is 0 Å². The van der Waals surface area contributed by atoms with Crippen LogP contribution in [0.1, 0.15) is 16.7 Å². The van der Waals surface area contributed by atoms with Crippen molar-refractivity contribution in [3.05, 3.63) is 89.5 Å². The Morgan fingerprint density at radius 1 is 0.833 bits per heavy atom. The predicted octanol–water partition coefficient (Wildman–Crippen LogP) is 5.64. The summed E-state index contributed by atoms with van der Waals surface area (Å²) in [4.78, 5) is 4.74. The molecule has 30 heavy (non-hydrogen) atoms. The molecule has 0 aliphatic carbocycles. The zero-order valence-electron chi connectivity index (χ0n) is 16.9. The van der Waals surface area contributed by atoms with Crippen molar-refractivity contribution in [1.82, 2.24) is 9.78 Å². The van der Waals surface area contributed by atoms with Crippen LogP contribution in [-0.4, -0.2) is 22.8 Å². The molecule has 148 valence electrons. The van der Waals surface area contributed by atoms with Crippen LogP contribution in [0.2, 0.25) is 0 Å². The lowest BCUT2D eigenvalue weighted by Gasteiger charge is -2.05. The summed E-state index contributed by atoms with van der Waals surface area (Å²) in [7, 11) is 0. The molecule has 0 amide bonds. The Labute approximate surface area is 175 Å². The average molecular weight is 395 g/mol. The first-order valence-corrected chi connectivity index (χ1v) is 9.84. The molecule has 3 aromatic carbocycles. The van der Waals surface area contributed by atoms with Gasteiger partial charge in [-0.15, -0.1) is 0 Å². The van der Waals surface area contributed by atoms with Crippen molar-refractivity contribution in [3.8, 4) is 28.4 Å². The van der Waals surface area contributed by atoms with E-state index >= 15 is 0 Å². The van der Waals surface area contributed by atoms with E-state index in [2.05, 4.69) is 62.4 Å². The van der Waals surface area contributed by atoms with E-state index in [4.69, 9.17) is 19.6 Å². The number of hydrogen-bond donors (Lipinski definition) is 0. The molecular formula is C25H21N3O2. The average Bonchev–Trinajstić information content (AvgIpc) is 3.40. The number of aliphatic imine (C=N–C) groups is 1. The van der Waals surface area contributed by atoms with E-state index in [9.17, 15) is 0 Å². The monoisotopic (exact) mass is 395 g/mol. The van der Waals surface area contributed by atoms with Gasteiger partial charge in [0.1, 0.15) is 0 Å². The number of ether oxygens (including phenoxy) is 2. The molecule has 0 spiro atoms. The maximum atomic E-state index is 5.47. The smallest absolute Gasteiger partial charge is 0.231 e. The van der Waals surface area contributed by atoms with Crippen LogP contribution in [0.3, 0.4) is 0 Å². The first-order valence-electron chi connectivity index (χ1n) is 9.84. The van der Waals surface area contributed by atoms with E-state index in [0.717, 1.165) is 39.8 Å². The number of nitrogens with zero attached hydrogens (tertiary/aromatic N) is 3. The van der Waals surface area contributed by atoms with Crippen LogP contribution in [0.25, 0.3) is 16.9 Å². The van der Waals surface area contributed by atoms with Gasteiger partial charge >= 0.3 is 0 Å². The third-order valence-corrected chi connectivity index (χ3v) is 5.06. The topological polar surface area (TPSA) is 48.6 Å². The summed E-state index contributed by atoms with van der Waals surface area (Å²) in [5.41, 5.74) is 6.27. The Hall–Kier alpha value is -3.86. The molecule has 0 unspecified atom stereocenters. The highest BCUT2D eigenvalue weighted by Crippen LogP contribution is 2.32. The molecular weight excluding hydrogens is 374 g/mol. The normalized spacial score (nSPS) is 12.6. The molecule has 1 aromatic heterocycles. The molecule has 4 aromatic rings. The van der Waals surface area contributed by atoms with Gasteiger partial charge in [-0.25, -0.2) is 9.67 Å². The minimum absolute atomic E-state index is 0.260. The lowest BCUT2D eigenvalue weighted by atomic mass is 10.1. The molecule has 0 fully saturated rings. The minimum atomic E-state index is 0.260. The zero-order chi connectivity index (χ0) is 20.5. The number of hydrogen-bond acceptors (Lipinski definition) is 4. The first kappa shape index (κ1) is 18.2. The molecule has 1 aliphatic heterocycles. The summed E-state index contributed by atoms with van der Waals surface area (Å²) in [6, 6.07) is 24.4. The third-order valence-electron chi connectivity index (χ3n) is 5.06. The van der Waals surface area contributed by atoms with Crippen LogP contribution < -0.4 is 9.47 Å². The van der Waals surface area contributed by atoms with Crippen LogP contribution >= 0.6 is 0 Å². The summed E-state index contributed by atoms with van der Waals surface area (Å²) in [5.74, 6) is 2.26. The van der Waals surface area contributed by atoms with Crippen LogP contribution in [0, 0.1) is 13.8 Å². The van der Waals surface area contributed by atoms with Gasteiger partial charge in [0, 0.05) is 17.8 Å². The van der Waals surface area contributed by atoms with Gasteiger partial charge in [0.15, 0.2) is 17.3 Å². The maximum Gasteiger partial charge on any atom is 0.231 e. The summed E-state index contributed by atoms with van der Waals surface area (Å²) in [6.45, 7) is 4.41. The van der Waals surface area contributed by atoms with Crippen LogP contribution in [0.15, 0.2) is 77.8 Å². The fraction of sp³-hybridized carbons (Fsp3) is 0.120. The molecule has 0 saturated heterocycles. The minimum Gasteiger partial charge on any atom is -0.454 e. The van der Waals surface area contributed by atoms with Crippen molar-refractivity contribution in [1.29, 1.82) is 0 Å². The van der Waals surface area contributed by atoms with Gasteiger partial charge in [0.25, 0.3) is 0 Å². The Kier molecular flexibility index (Phi) is 4.56. The number of aromatic nitrogens is 2. The quantitative estimate of drug-likeness (QED) is 0.421. The fourth-order valence-corrected chi connectivity index (χ4v) is 3.34. The van der Waals surface area contributed by atoms with E-state index < -0.39 is 0 Å². The van der Waals surface area contributed by atoms with Gasteiger partial charge in [-0.2, -0.15) is 5.10 Å². The zero-order valence-corrected chi connectivity index (χ0v) is 16.9. The molecule has 0 saturated carbocycles. The molecule has 0 atom stereocenters. The Bertz CT molecular complexity index is 1220. The second kappa shape index (κ2) is 7.52. The van der Waals surface area contributed by atoms with Crippen LogP contribution in [0.5, 0.6) is 11.5 Å². The lowest BCUT2D eigenvalue weighted by Crippen LogP contribution is -1.96. The Morgan fingerprint density at radius 3 is 2.30 bits per heavy atom. The molecule has 5 heteroatoms. The molecule has 0 N–H and O–H groups in total. The molecule has 0 bridgehead atoms. The number of benzene rings is 3. The SMILES string of the molecule is Cc1ccc(-c2cc(N=Cc3ccc4c(c3)OCO4)n(-c3ccc(C)cc3)n2)cc1. The molecule has 2 heterocycles. The van der Waals surface area contributed by atoms with Crippen molar-refractivity contribution in [3.63, 3.8) is 0 Å². The van der Waals surface area contributed by atoms with Crippen molar-refractivity contribution in [2.24, 2.45) is 4.99 Å². The fourth-order valence-electron chi connectivity index (χ4n) is 3.34. The largest absolute Gasteiger partial charge is 0.454 e. The molecule has 1 aliphatic rings. The summed E-state index contributed by atoms with van der Waals surface area (Å²) in [6.07, 6.45) is 1.82. The summed E-state index contributed by atoms with van der Waals surface area (Å²) < 4.78 is 12.7. The number of aryl methyl sites for hydroxylation is 2. The van der Waals surface area contributed by atoms with Gasteiger partial charge in [-0.1, -0.05) is 47.5 Å². The van der Waals surface area contributed by atoms with Gasteiger partial charge in [0.05, 0.1) is 11.4 Å². The highest BCUT2D eigenvalue weighted by atomic mass is 16.7. The van der Waals surface area contributed by atoms with Gasteiger partial charge in [0.2, 0.25) is 6.79 Å². The lowest BCUT2D eigenvalue weighted by molar-refractivity contribution is 0.174. The standard InChI is InChI=1S/C25H21N3O2/c1-17-3-8-20(9-4-17)22-14-25(28(27-22)21-10-5-18(2)6-11-21)26-15-19-7-12-23-24(13-19)30-16-29-23/h3-15H,16H2,1-2H3. The molecule has 5 nitrogen and oxygen atoms in total. The van der Waals surface area contributed by atoms with Gasteiger partial charge < -0.3 is 9.47 Å². The number of fused-ring (bicyclic) bond motifs is 1. The van der Waals surface area contributed by atoms with Gasteiger partial charge in [-0.05, 0) is 49.7 Å². The van der Waals surface area contributed by atoms with Crippen LogP contribution in [-0.2, 0) is 0 Å². The van der Waals surface area contributed by atoms with Gasteiger partial charge in [-0.3, -0.25) is 0 Å². The maximum absolute atomic E-state index is 5.47. The second-order valence-corrected chi connectivity index (χ2v) is 7.37. The van der Waals surface area contributed by atoms with Crippen molar-refractivity contribution < 1.29 is 9.47 Å². The van der Waals surface area contributed by atoms with E-state index in [1.807, 2.05) is 35.2 Å². The molecule has 0 radical (unpaired) electrons. The van der Waals surface area contributed by atoms with Crippen molar-refractivity contribution in [2.45, 2.75) is 13.8 Å². The van der Waals surface area contributed by atoms with Crippen molar-refractivity contribution in [2.75, 3.05) is 6.79 Å². The Balaban J connectivity index is 1.55.